The number of nitrogens with one attached hydrogen (secondary N) is 2. The van der Waals surface area contributed by atoms with Gasteiger partial charge in [-0.05, 0) is 48.9 Å². The van der Waals surface area contributed by atoms with E-state index in [0.29, 0.717) is 12.1 Å². The standard InChI is InChI=1S/C22H22N4O2/c1-26-11-3-5-15(13-26)22(28)25-16-6-2-4-14(12-16)17-7-8-19(21(23)27)20-18(17)9-10-24-20/h2,4-10,12,24H,3,11,13H2,1H3,(H2,23,27)(H,25,28). The highest BCUT2D eigenvalue weighted by Gasteiger charge is 2.16. The number of anilines is 1. The molecule has 4 N–H and O–H groups in total. The number of carbonyl (C=O) groups excluding carboxylic acids is 2. The van der Waals surface area contributed by atoms with Gasteiger partial charge in [0.05, 0.1) is 11.1 Å². The Hall–Kier alpha value is -3.38. The second-order valence-electron chi connectivity index (χ2n) is 7.08. The minimum Gasteiger partial charge on any atom is -0.366 e. The smallest absolute Gasteiger partial charge is 0.252 e. The molecule has 0 aliphatic carbocycles. The van der Waals surface area contributed by atoms with Crippen LogP contribution in [0, 0.1) is 0 Å². The van der Waals surface area contributed by atoms with Crippen LogP contribution >= 0.6 is 0 Å². The highest BCUT2D eigenvalue weighted by Crippen LogP contribution is 2.31. The molecule has 0 bridgehead atoms. The summed E-state index contributed by atoms with van der Waals surface area (Å²) in [6, 6.07) is 13.2. The molecule has 0 radical (unpaired) electrons. The van der Waals surface area contributed by atoms with Gasteiger partial charge in [-0.2, -0.15) is 0 Å². The summed E-state index contributed by atoms with van der Waals surface area (Å²) in [5, 5.41) is 3.91. The highest BCUT2D eigenvalue weighted by molar-refractivity contribution is 6.09. The molecule has 2 amide bonds. The van der Waals surface area contributed by atoms with E-state index in [1.54, 1.807) is 12.3 Å². The zero-order valence-corrected chi connectivity index (χ0v) is 15.7. The van der Waals surface area contributed by atoms with Gasteiger partial charge in [0.1, 0.15) is 0 Å². The van der Waals surface area contributed by atoms with Crippen molar-refractivity contribution in [1.82, 2.24) is 9.88 Å². The topological polar surface area (TPSA) is 91.2 Å². The van der Waals surface area contributed by atoms with Crippen molar-refractivity contribution in [2.24, 2.45) is 5.73 Å². The van der Waals surface area contributed by atoms with Crippen LogP contribution in [0.15, 0.2) is 60.3 Å². The first-order valence-corrected chi connectivity index (χ1v) is 9.22. The summed E-state index contributed by atoms with van der Waals surface area (Å²) in [4.78, 5) is 29.5. The van der Waals surface area contributed by atoms with Crippen molar-refractivity contribution in [1.29, 1.82) is 0 Å². The van der Waals surface area contributed by atoms with Crippen LogP contribution in [0.3, 0.4) is 0 Å². The molecule has 0 fully saturated rings. The molecule has 28 heavy (non-hydrogen) atoms. The summed E-state index contributed by atoms with van der Waals surface area (Å²) in [5.41, 5.74) is 10.1. The van der Waals surface area contributed by atoms with Gasteiger partial charge in [-0.15, -0.1) is 0 Å². The van der Waals surface area contributed by atoms with Crippen molar-refractivity contribution in [2.75, 3.05) is 25.5 Å². The number of carbonyl (C=O) groups is 2. The quantitative estimate of drug-likeness (QED) is 0.655. The number of fused-ring (bicyclic) bond motifs is 1. The maximum absolute atomic E-state index is 12.6. The summed E-state index contributed by atoms with van der Waals surface area (Å²) in [6.45, 7) is 1.63. The van der Waals surface area contributed by atoms with Crippen LogP contribution in [0.1, 0.15) is 16.8 Å². The number of benzene rings is 2. The zero-order valence-electron chi connectivity index (χ0n) is 15.7. The molecule has 0 saturated carbocycles. The van der Waals surface area contributed by atoms with E-state index in [0.717, 1.165) is 46.3 Å². The number of hydrogen-bond donors (Lipinski definition) is 3. The normalized spacial score (nSPS) is 14.7. The second-order valence-corrected chi connectivity index (χ2v) is 7.08. The monoisotopic (exact) mass is 374 g/mol. The molecule has 1 aromatic heterocycles. The molecule has 3 aromatic rings. The van der Waals surface area contributed by atoms with E-state index in [1.807, 2.05) is 49.5 Å². The SMILES string of the molecule is CN1CCC=C(C(=O)Nc2cccc(-c3ccc(C(N)=O)c4[nH]ccc34)c2)C1. The maximum atomic E-state index is 12.6. The van der Waals surface area contributed by atoms with E-state index in [9.17, 15) is 9.59 Å². The molecule has 0 spiro atoms. The Morgan fingerprint density at radius 3 is 2.82 bits per heavy atom. The lowest BCUT2D eigenvalue weighted by Crippen LogP contribution is -2.30. The number of nitrogens with zero attached hydrogens (tertiary/aromatic N) is 1. The van der Waals surface area contributed by atoms with Crippen LogP contribution in [0.5, 0.6) is 0 Å². The number of H-pyrrole nitrogens is 1. The molecule has 0 saturated heterocycles. The van der Waals surface area contributed by atoms with Crippen LogP contribution in [0.2, 0.25) is 0 Å². The zero-order chi connectivity index (χ0) is 19.7. The Bertz CT molecular complexity index is 1100. The van der Waals surface area contributed by atoms with Gasteiger partial charge in [0.25, 0.3) is 11.8 Å². The van der Waals surface area contributed by atoms with Crippen LogP contribution in [-0.4, -0.2) is 41.8 Å². The molecule has 0 atom stereocenters. The molecule has 6 heteroatoms. The number of rotatable bonds is 4. The first-order chi connectivity index (χ1) is 13.5. The third-order valence-corrected chi connectivity index (χ3v) is 5.05. The minimum absolute atomic E-state index is 0.0698. The van der Waals surface area contributed by atoms with E-state index in [4.69, 9.17) is 5.73 Å². The summed E-state index contributed by atoms with van der Waals surface area (Å²) in [6.07, 6.45) is 4.68. The lowest BCUT2D eigenvalue weighted by Gasteiger charge is -2.22. The van der Waals surface area contributed by atoms with Gasteiger partial charge in [0.15, 0.2) is 0 Å². The van der Waals surface area contributed by atoms with E-state index >= 15 is 0 Å². The number of nitrogens with two attached hydrogens (primary N) is 1. The predicted molar refractivity (Wildman–Crippen MR) is 111 cm³/mol. The van der Waals surface area contributed by atoms with Gasteiger partial charge < -0.3 is 20.9 Å². The van der Waals surface area contributed by atoms with Crippen LogP contribution < -0.4 is 11.1 Å². The van der Waals surface area contributed by atoms with Gasteiger partial charge in [0.2, 0.25) is 0 Å². The largest absolute Gasteiger partial charge is 0.366 e. The first-order valence-electron chi connectivity index (χ1n) is 9.22. The molecule has 2 heterocycles. The molecule has 4 rings (SSSR count). The minimum atomic E-state index is -0.467. The average Bonchev–Trinajstić information content (AvgIpc) is 3.17. The van der Waals surface area contributed by atoms with Crippen molar-refractivity contribution in [3.8, 4) is 11.1 Å². The third-order valence-electron chi connectivity index (χ3n) is 5.05. The van der Waals surface area contributed by atoms with Crippen LogP contribution in [0.4, 0.5) is 5.69 Å². The number of likely N-dealkylation sites (N-methyl/N-ethyl adjacent to an activating group) is 1. The molecular weight excluding hydrogens is 352 g/mol. The predicted octanol–water partition coefficient (Wildman–Crippen LogP) is 3.13. The number of aromatic nitrogens is 1. The van der Waals surface area contributed by atoms with E-state index in [-0.39, 0.29) is 5.91 Å². The Labute approximate surface area is 163 Å². The molecule has 1 aliphatic rings. The van der Waals surface area contributed by atoms with Gasteiger partial charge in [0, 0.05) is 35.9 Å². The van der Waals surface area contributed by atoms with Crippen LogP contribution in [0.25, 0.3) is 22.0 Å². The molecule has 142 valence electrons. The first kappa shape index (κ1) is 18.0. The fourth-order valence-electron chi connectivity index (χ4n) is 3.65. The number of aromatic amines is 1. The Kier molecular flexibility index (Phi) is 4.71. The second kappa shape index (κ2) is 7.32. The summed E-state index contributed by atoms with van der Waals surface area (Å²) in [7, 11) is 2.01. The summed E-state index contributed by atoms with van der Waals surface area (Å²) >= 11 is 0. The lowest BCUT2D eigenvalue weighted by molar-refractivity contribution is -0.113. The van der Waals surface area contributed by atoms with E-state index in [2.05, 4.69) is 15.2 Å². The van der Waals surface area contributed by atoms with Crippen molar-refractivity contribution in [3.63, 3.8) is 0 Å². The summed E-state index contributed by atoms with van der Waals surface area (Å²) < 4.78 is 0. The Morgan fingerprint density at radius 1 is 1.18 bits per heavy atom. The number of hydrogen-bond acceptors (Lipinski definition) is 3. The highest BCUT2D eigenvalue weighted by atomic mass is 16.2. The lowest BCUT2D eigenvalue weighted by atomic mass is 9.98. The molecular formula is C22H22N4O2. The Morgan fingerprint density at radius 2 is 2.04 bits per heavy atom. The van der Waals surface area contributed by atoms with Crippen molar-refractivity contribution < 1.29 is 9.59 Å². The molecule has 6 nitrogen and oxygen atoms in total. The van der Waals surface area contributed by atoms with Crippen molar-refractivity contribution in [2.45, 2.75) is 6.42 Å². The number of amides is 2. The van der Waals surface area contributed by atoms with Gasteiger partial charge in [-0.3, -0.25) is 9.59 Å². The maximum Gasteiger partial charge on any atom is 0.252 e. The van der Waals surface area contributed by atoms with Crippen molar-refractivity contribution >= 4 is 28.4 Å². The van der Waals surface area contributed by atoms with E-state index in [1.165, 1.54) is 0 Å². The van der Waals surface area contributed by atoms with E-state index < -0.39 is 5.91 Å². The van der Waals surface area contributed by atoms with Gasteiger partial charge in [-0.1, -0.05) is 24.3 Å². The third kappa shape index (κ3) is 3.42. The van der Waals surface area contributed by atoms with Crippen LogP contribution in [-0.2, 0) is 4.79 Å². The Balaban J connectivity index is 1.65. The molecule has 1 aliphatic heterocycles. The van der Waals surface area contributed by atoms with Gasteiger partial charge >= 0.3 is 0 Å². The average molecular weight is 374 g/mol. The molecule has 0 unspecified atom stereocenters. The fourth-order valence-corrected chi connectivity index (χ4v) is 3.65. The fraction of sp³-hybridized carbons (Fsp3) is 0.182. The summed E-state index contributed by atoms with van der Waals surface area (Å²) in [5.74, 6) is -0.537. The molecule has 2 aromatic carbocycles. The van der Waals surface area contributed by atoms with Gasteiger partial charge in [-0.25, -0.2) is 0 Å². The van der Waals surface area contributed by atoms with Crippen molar-refractivity contribution in [3.05, 3.63) is 65.9 Å². The number of primary amides is 1.